The molecule has 3 amide bonds. The molecule has 1 aromatic heterocycles. The van der Waals surface area contributed by atoms with Crippen LogP contribution in [0.25, 0.3) is 11.3 Å². The quantitative estimate of drug-likeness (QED) is 0.332. The van der Waals surface area contributed by atoms with Crippen molar-refractivity contribution in [3.63, 3.8) is 0 Å². The summed E-state index contributed by atoms with van der Waals surface area (Å²) in [4.78, 5) is 31.2. The van der Waals surface area contributed by atoms with Crippen molar-refractivity contribution in [2.45, 2.75) is 38.3 Å². The molecule has 11 nitrogen and oxygen atoms in total. The van der Waals surface area contributed by atoms with Gasteiger partial charge in [-0.25, -0.2) is 14.6 Å². The van der Waals surface area contributed by atoms with E-state index in [0.29, 0.717) is 35.0 Å². The van der Waals surface area contributed by atoms with Crippen molar-refractivity contribution in [1.82, 2.24) is 15.2 Å². The maximum absolute atomic E-state index is 12.6. The molecule has 1 saturated heterocycles. The summed E-state index contributed by atoms with van der Waals surface area (Å²) in [6.45, 7) is 2.69. The van der Waals surface area contributed by atoms with Crippen LogP contribution in [-0.4, -0.2) is 54.9 Å². The second kappa shape index (κ2) is 13.8. The molecule has 0 bridgehead atoms. The fourth-order valence-electron chi connectivity index (χ4n) is 4.42. The lowest BCUT2D eigenvalue weighted by Gasteiger charge is -2.29. The molecule has 11 heteroatoms. The Morgan fingerprint density at radius 3 is 2.64 bits per heavy atom. The zero-order valence-electron chi connectivity index (χ0n) is 21.8. The number of carbonyl (C=O) groups is 2. The van der Waals surface area contributed by atoms with Crippen molar-refractivity contribution in [1.29, 1.82) is 5.26 Å². The van der Waals surface area contributed by atoms with E-state index in [9.17, 15) is 9.59 Å². The number of hydrogen-bond donors (Lipinski definition) is 3. The van der Waals surface area contributed by atoms with Gasteiger partial charge in [-0.3, -0.25) is 4.90 Å². The van der Waals surface area contributed by atoms with E-state index in [1.54, 1.807) is 42.6 Å². The number of amides is 3. The van der Waals surface area contributed by atoms with Crippen molar-refractivity contribution in [3.8, 4) is 23.1 Å². The van der Waals surface area contributed by atoms with Gasteiger partial charge in [0.25, 0.3) is 0 Å². The summed E-state index contributed by atoms with van der Waals surface area (Å²) in [6, 6.07) is 14.0. The minimum atomic E-state index is -0.578. The maximum Gasteiger partial charge on any atom is 0.407 e. The van der Waals surface area contributed by atoms with Gasteiger partial charge in [0.05, 0.1) is 31.4 Å². The fraction of sp³-hybridized carbons (Fsp3) is 0.357. The number of nitrogens with zero attached hydrogens (tertiary/aromatic N) is 3. The largest absolute Gasteiger partial charge is 0.496 e. The number of methoxy groups -OCH3 is 1. The number of benzene rings is 2. The molecule has 3 aromatic rings. The van der Waals surface area contributed by atoms with E-state index in [2.05, 4.69) is 31.9 Å². The highest BCUT2D eigenvalue weighted by molar-refractivity contribution is 6.00. The van der Waals surface area contributed by atoms with Gasteiger partial charge in [-0.1, -0.05) is 18.6 Å². The van der Waals surface area contributed by atoms with Gasteiger partial charge in [0.2, 0.25) is 0 Å². The van der Waals surface area contributed by atoms with E-state index < -0.39 is 18.2 Å². The van der Waals surface area contributed by atoms with Crippen molar-refractivity contribution >= 4 is 23.5 Å². The third-order valence-electron chi connectivity index (χ3n) is 6.28. The Labute approximate surface area is 227 Å². The number of hydrogen-bond acceptors (Lipinski definition) is 8. The Balaban J connectivity index is 1.27. The first-order valence-electron chi connectivity index (χ1n) is 12.8. The molecule has 1 fully saturated rings. The van der Waals surface area contributed by atoms with E-state index >= 15 is 0 Å². The fourth-order valence-corrected chi connectivity index (χ4v) is 4.42. The van der Waals surface area contributed by atoms with Crippen LogP contribution < -0.4 is 20.7 Å². The summed E-state index contributed by atoms with van der Waals surface area (Å²) >= 11 is 0. The number of ether oxygens (including phenoxy) is 2. The number of aromatic nitrogens is 1. The van der Waals surface area contributed by atoms with Gasteiger partial charge in [0, 0.05) is 30.5 Å². The lowest BCUT2D eigenvalue weighted by Crippen LogP contribution is -2.39. The Bertz CT molecular complexity index is 1280. The summed E-state index contributed by atoms with van der Waals surface area (Å²) in [7, 11) is 1.53. The number of carbonyl (C=O) groups excluding carboxylic acids is 2. The second-order valence-electron chi connectivity index (χ2n) is 9.16. The van der Waals surface area contributed by atoms with Crippen molar-refractivity contribution < 1.29 is 23.5 Å². The molecule has 204 valence electrons. The first-order valence-corrected chi connectivity index (χ1v) is 12.8. The number of alkyl carbamates (subject to hydrolysis) is 1. The Morgan fingerprint density at radius 2 is 1.92 bits per heavy atom. The standard InChI is InChI=1S/C28H32N6O5/c1-37-25-15-22(8-9-24(25)26-17-30-19-38-26)33-27(35)32-21-7-5-6-20(14-21)16-31-28(36)39-23(10-11-29)18-34-12-3-2-4-13-34/h5-9,14-15,17,19,23H,2-4,10,12-13,16,18H2,1H3,(H,31,36)(H2,32,33,35)/t23-/m0/s1. The molecule has 0 spiro atoms. The van der Waals surface area contributed by atoms with Crippen LogP contribution in [0.15, 0.2) is 59.5 Å². The van der Waals surface area contributed by atoms with Gasteiger partial charge < -0.3 is 29.8 Å². The normalized spacial score (nSPS) is 14.1. The molecule has 4 rings (SSSR count). The van der Waals surface area contributed by atoms with Crippen LogP contribution in [-0.2, 0) is 11.3 Å². The van der Waals surface area contributed by atoms with Crippen LogP contribution in [0.3, 0.4) is 0 Å². The third kappa shape index (κ3) is 8.21. The summed E-state index contributed by atoms with van der Waals surface area (Å²) in [5, 5.41) is 17.4. The number of oxazole rings is 1. The monoisotopic (exact) mass is 532 g/mol. The average Bonchev–Trinajstić information content (AvgIpc) is 3.47. The van der Waals surface area contributed by atoms with Crippen LogP contribution in [0.5, 0.6) is 5.75 Å². The van der Waals surface area contributed by atoms with Crippen LogP contribution in [0.1, 0.15) is 31.2 Å². The zero-order valence-corrected chi connectivity index (χ0v) is 21.8. The average molecular weight is 533 g/mol. The van der Waals surface area contributed by atoms with Crippen LogP contribution >= 0.6 is 0 Å². The number of rotatable bonds is 10. The zero-order chi connectivity index (χ0) is 27.5. The molecule has 0 unspecified atom stereocenters. The minimum Gasteiger partial charge on any atom is -0.496 e. The predicted octanol–water partition coefficient (Wildman–Crippen LogP) is 4.99. The molecular weight excluding hydrogens is 500 g/mol. The first kappa shape index (κ1) is 27.5. The number of anilines is 2. The molecule has 3 N–H and O–H groups in total. The predicted molar refractivity (Wildman–Crippen MR) is 145 cm³/mol. The molecule has 0 radical (unpaired) electrons. The highest BCUT2D eigenvalue weighted by Gasteiger charge is 2.20. The van der Waals surface area contributed by atoms with E-state index in [4.69, 9.17) is 19.2 Å². The van der Waals surface area contributed by atoms with E-state index in [1.807, 2.05) is 6.07 Å². The smallest absolute Gasteiger partial charge is 0.407 e. The van der Waals surface area contributed by atoms with Crippen LogP contribution in [0.4, 0.5) is 21.0 Å². The van der Waals surface area contributed by atoms with E-state index in [0.717, 1.165) is 31.5 Å². The van der Waals surface area contributed by atoms with Gasteiger partial charge in [-0.15, -0.1) is 0 Å². The van der Waals surface area contributed by atoms with Gasteiger partial charge in [-0.05, 0) is 55.8 Å². The lowest BCUT2D eigenvalue weighted by molar-refractivity contribution is 0.0664. The summed E-state index contributed by atoms with van der Waals surface area (Å²) in [6.07, 6.45) is 5.47. The molecule has 1 atom stereocenters. The Hall–Kier alpha value is -4.56. The second-order valence-corrected chi connectivity index (χ2v) is 9.16. The Morgan fingerprint density at radius 1 is 1.13 bits per heavy atom. The van der Waals surface area contributed by atoms with Crippen LogP contribution in [0, 0.1) is 11.3 Å². The summed E-state index contributed by atoms with van der Waals surface area (Å²) in [5.74, 6) is 1.08. The lowest BCUT2D eigenvalue weighted by atomic mass is 10.1. The summed E-state index contributed by atoms with van der Waals surface area (Å²) < 4.78 is 16.3. The first-order chi connectivity index (χ1) is 19.0. The van der Waals surface area contributed by atoms with E-state index in [-0.39, 0.29) is 13.0 Å². The molecule has 1 aliphatic rings. The number of likely N-dealkylation sites (tertiary alicyclic amines) is 1. The molecule has 0 aliphatic carbocycles. The van der Waals surface area contributed by atoms with Crippen molar-refractivity contribution in [2.24, 2.45) is 0 Å². The van der Waals surface area contributed by atoms with Crippen molar-refractivity contribution in [2.75, 3.05) is 37.4 Å². The number of nitriles is 1. The van der Waals surface area contributed by atoms with Crippen LogP contribution in [0.2, 0.25) is 0 Å². The highest BCUT2D eigenvalue weighted by atomic mass is 16.6. The highest BCUT2D eigenvalue weighted by Crippen LogP contribution is 2.32. The van der Waals surface area contributed by atoms with Gasteiger partial charge in [-0.2, -0.15) is 5.26 Å². The molecule has 39 heavy (non-hydrogen) atoms. The third-order valence-corrected chi connectivity index (χ3v) is 6.28. The molecular formula is C28H32N6O5. The summed E-state index contributed by atoms with van der Waals surface area (Å²) in [5.41, 5.74) is 2.57. The molecule has 0 saturated carbocycles. The number of urea groups is 1. The minimum absolute atomic E-state index is 0.146. The topological polar surface area (TPSA) is 142 Å². The van der Waals surface area contributed by atoms with Gasteiger partial charge >= 0.3 is 12.1 Å². The Kier molecular flexibility index (Phi) is 9.74. The van der Waals surface area contributed by atoms with Crippen molar-refractivity contribution in [3.05, 3.63) is 60.6 Å². The maximum atomic E-state index is 12.6. The SMILES string of the molecule is COc1cc(NC(=O)Nc2cccc(CNC(=O)O[C@@H](CC#N)CN3CCCCC3)c2)ccc1-c1cnco1. The molecule has 2 heterocycles. The molecule has 2 aromatic carbocycles. The number of piperidine rings is 1. The van der Waals surface area contributed by atoms with E-state index in [1.165, 1.54) is 19.9 Å². The number of nitrogens with one attached hydrogen (secondary N) is 3. The van der Waals surface area contributed by atoms with Gasteiger partial charge in [0.15, 0.2) is 12.2 Å². The van der Waals surface area contributed by atoms with Gasteiger partial charge in [0.1, 0.15) is 11.9 Å². The molecule has 1 aliphatic heterocycles.